The van der Waals surface area contributed by atoms with Crippen LogP contribution in [-0.4, -0.2) is 16.1 Å². The predicted octanol–water partition coefficient (Wildman–Crippen LogP) is 2.28. The molecule has 0 spiro atoms. The van der Waals surface area contributed by atoms with Crippen molar-refractivity contribution in [2.45, 2.75) is 38.0 Å². The Morgan fingerprint density at radius 3 is 2.77 bits per heavy atom. The molecule has 0 saturated heterocycles. The van der Waals surface area contributed by atoms with Gasteiger partial charge in [-0.3, -0.25) is 0 Å². The molecule has 1 aromatic rings. The molecule has 0 N–H and O–H groups in total. The van der Waals surface area contributed by atoms with E-state index in [1.165, 1.54) is 0 Å². The molecule has 1 atom stereocenters. The zero-order valence-corrected chi connectivity index (χ0v) is 7.26. The Morgan fingerprint density at radius 2 is 2.31 bits per heavy atom. The summed E-state index contributed by atoms with van der Waals surface area (Å²) in [4.78, 5) is 3.83. The lowest BCUT2D eigenvalue weighted by Crippen LogP contribution is -2.19. The van der Waals surface area contributed by atoms with Gasteiger partial charge in [0.15, 0.2) is 5.82 Å². The van der Waals surface area contributed by atoms with Crippen molar-refractivity contribution in [3.8, 4) is 0 Å². The molecule has 1 unspecified atom stereocenters. The van der Waals surface area contributed by atoms with E-state index in [9.17, 15) is 8.78 Å². The third kappa shape index (κ3) is 1.43. The standard InChI is InChI=1S/C8H10F2N2O/c1-5-11-7(13-12-5)6-3-2-4-8(6,9)10/h6H,2-4H2,1H3. The Morgan fingerprint density at radius 1 is 1.54 bits per heavy atom. The van der Waals surface area contributed by atoms with Gasteiger partial charge in [-0.2, -0.15) is 4.98 Å². The zero-order valence-electron chi connectivity index (χ0n) is 7.26. The Bertz CT molecular complexity index is 311. The SMILES string of the molecule is Cc1noc(C2CCCC2(F)F)n1. The third-order valence-electron chi connectivity index (χ3n) is 2.35. The number of halogens is 2. The summed E-state index contributed by atoms with van der Waals surface area (Å²) < 4.78 is 31.1. The van der Waals surface area contributed by atoms with E-state index >= 15 is 0 Å². The Balaban J connectivity index is 2.26. The van der Waals surface area contributed by atoms with Crippen LogP contribution in [0.2, 0.25) is 0 Å². The Hall–Kier alpha value is -1.00. The first kappa shape index (κ1) is 8.59. The summed E-state index contributed by atoms with van der Waals surface area (Å²) in [6, 6.07) is 0. The molecule has 5 heteroatoms. The van der Waals surface area contributed by atoms with Crippen LogP contribution in [0.4, 0.5) is 8.78 Å². The third-order valence-corrected chi connectivity index (χ3v) is 2.35. The van der Waals surface area contributed by atoms with E-state index in [4.69, 9.17) is 4.52 Å². The molecule has 0 aliphatic heterocycles. The van der Waals surface area contributed by atoms with Crippen molar-refractivity contribution < 1.29 is 13.3 Å². The highest BCUT2D eigenvalue weighted by Gasteiger charge is 2.47. The highest BCUT2D eigenvalue weighted by molar-refractivity contribution is 5.03. The largest absolute Gasteiger partial charge is 0.339 e. The fourth-order valence-corrected chi connectivity index (χ4v) is 1.69. The first-order valence-corrected chi connectivity index (χ1v) is 4.27. The van der Waals surface area contributed by atoms with Crippen LogP contribution < -0.4 is 0 Å². The minimum atomic E-state index is -2.67. The maximum atomic E-state index is 13.2. The molecular formula is C8H10F2N2O. The molecule has 1 heterocycles. The van der Waals surface area contributed by atoms with Crippen molar-refractivity contribution >= 4 is 0 Å². The summed E-state index contributed by atoms with van der Waals surface area (Å²) in [5.41, 5.74) is 0. The van der Waals surface area contributed by atoms with E-state index in [0.29, 0.717) is 18.7 Å². The van der Waals surface area contributed by atoms with E-state index in [1.54, 1.807) is 6.92 Å². The molecule has 1 aliphatic carbocycles. The fraction of sp³-hybridized carbons (Fsp3) is 0.750. The lowest BCUT2D eigenvalue weighted by molar-refractivity contribution is -0.0172. The minimum absolute atomic E-state index is 0.0703. The van der Waals surface area contributed by atoms with Crippen LogP contribution in [0.15, 0.2) is 4.52 Å². The summed E-state index contributed by atoms with van der Waals surface area (Å²) in [6.07, 6.45) is 0.896. The van der Waals surface area contributed by atoms with Gasteiger partial charge >= 0.3 is 0 Å². The molecule has 1 saturated carbocycles. The second kappa shape index (κ2) is 2.75. The summed E-state index contributed by atoms with van der Waals surface area (Å²) in [6.45, 7) is 1.63. The second-order valence-corrected chi connectivity index (χ2v) is 3.39. The minimum Gasteiger partial charge on any atom is -0.339 e. The van der Waals surface area contributed by atoms with Crippen LogP contribution in [0.3, 0.4) is 0 Å². The Labute approximate surface area is 74.1 Å². The lowest BCUT2D eigenvalue weighted by atomic mass is 10.1. The van der Waals surface area contributed by atoms with Crippen molar-refractivity contribution in [3.05, 3.63) is 11.7 Å². The van der Waals surface area contributed by atoms with E-state index in [2.05, 4.69) is 10.1 Å². The van der Waals surface area contributed by atoms with Crippen molar-refractivity contribution in [1.82, 2.24) is 10.1 Å². The summed E-state index contributed by atoms with van der Waals surface area (Å²) in [5, 5.41) is 3.51. The number of rotatable bonds is 1. The maximum Gasteiger partial charge on any atom is 0.259 e. The van der Waals surface area contributed by atoms with Gasteiger partial charge in [0.05, 0.1) is 0 Å². The van der Waals surface area contributed by atoms with Crippen molar-refractivity contribution in [2.75, 3.05) is 0 Å². The van der Waals surface area contributed by atoms with Crippen LogP contribution >= 0.6 is 0 Å². The smallest absolute Gasteiger partial charge is 0.259 e. The Kier molecular flexibility index (Phi) is 1.82. The van der Waals surface area contributed by atoms with E-state index in [0.717, 1.165) is 0 Å². The zero-order chi connectivity index (χ0) is 9.47. The van der Waals surface area contributed by atoms with Gasteiger partial charge in [0, 0.05) is 6.42 Å². The lowest BCUT2D eigenvalue weighted by Gasteiger charge is -2.14. The van der Waals surface area contributed by atoms with Gasteiger partial charge in [-0.15, -0.1) is 0 Å². The van der Waals surface area contributed by atoms with Crippen molar-refractivity contribution in [1.29, 1.82) is 0 Å². The van der Waals surface area contributed by atoms with E-state index in [1.807, 2.05) is 0 Å². The number of aromatic nitrogens is 2. The predicted molar refractivity (Wildman–Crippen MR) is 40.6 cm³/mol. The number of alkyl halides is 2. The molecule has 0 amide bonds. The average Bonchev–Trinajstić information content (AvgIpc) is 2.56. The van der Waals surface area contributed by atoms with E-state index in [-0.39, 0.29) is 12.3 Å². The number of hydrogen-bond donors (Lipinski definition) is 0. The highest BCUT2D eigenvalue weighted by atomic mass is 19.3. The number of aryl methyl sites for hydroxylation is 1. The molecule has 0 radical (unpaired) electrons. The van der Waals surface area contributed by atoms with Crippen LogP contribution in [0, 0.1) is 6.92 Å². The molecule has 3 nitrogen and oxygen atoms in total. The van der Waals surface area contributed by atoms with Gasteiger partial charge < -0.3 is 4.52 Å². The van der Waals surface area contributed by atoms with Gasteiger partial charge in [-0.05, 0) is 19.8 Å². The summed E-state index contributed by atoms with van der Waals surface area (Å²) in [5.74, 6) is -3.04. The van der Waals surface area contributed by atoms with Gasteiger partial charge in [-0.25, -0.2) is 8.78 Å². The molecule has 1 fully saturated rings. The topological polar surface area (TPSA) is 38.9 Å². The summed E-state index contributed by atoms with van der Waals surface area (Å²) >= 11 is 0. The van der Waals surface area contributed by atoms with E-state index < -0.39 is 11.8 Å². The molecule has 2 rings (SSSR count). The first-order valence-electron chi connectivity index (χ1n) is 4.27. The molecule has 0 bridgehead atoms. The number of hydrogen-bond acceptors (Lipinski definition) is 3. The maximum absolute atomic E-state index is 13.2. The molecule has 1 aromatic heterocycles. The fourth-order valence-electron chi connectivity index (χ4n) is 1.69. The van der Waals surface area contributed by atoms with Gasteiger partial charge in [0.2, 0.25) is 5.89 Å². The average molecular weight is 188 g/mol. The molecule has 1 aliphatic rings. The van der Waals surface area contributed by atoms with Crippen LogP contribution in [0.5, 0.6) is 0 Å². The molecular weight excluding hydrogens is 178 g/mol. The van der Waals surface area contributed by atoms with Crippen molar-refractivity contribution in [2.24, 2.45) is 0 Å². The van der Waals surface area contributed by atoms with Crippen LogP contribution in [0.1, 0.15) is 36.9 Å². The molecule has 72 valence electrons. The quantitative estimate of drug-likeness (QED) is 0.678. The normalized spacial score (nSPS) is 26.5. The first-order chi connectivity index (χ1) is 6.09. The monoisotopic (exact) mass is 188 g/mol. The molecule has 13 heavy (non-hydrogen) atoms. The van der Waals surface area contributed by atoms with Gasteiger partial charge in [0.1, 0.15) is 5.92 Å². The van der Waals surface area contributed by atoms with Gasteiger partial charge in [-0.1, -0.05) is 5.16 Å². The number of nitrogens with zero attached hydrogens (tertiary/aromatic N) is 2. The van der Waals surface area contributed by atoms with Crippen molar-refractivity contribution in [3.63, 3.8) is 0 Å². The highest BCUT2D eigenvalue weighted by Crippen LogP contribution is 2.45. The second-order valence-electron chi connectivity index (χ2n) is 3.39. The van der Waals surface area contributed by atoms with Gasteiger partial charge in [0.25, 0.3) is 5.92 Å². The molecule has 0 aromatic carbocycles. The van der Waals surface area contributed by atoms with Crippen LogP contribution in [-0.2, 0) is 0 Å². The summed E-state index contributed by atoms with van der Waals surface area (Å²) in [7, 11) is 0. The van der Waals surface area contributed by atoms with Crippen LogP contribution in [0.25, 0.3) is 0 Å².